The van der Waals surface area contributed by atoms with Crippen LogP contribution in [0.15, 0.2) is 28.7 Å². The van der Waals surface area contributed by atoms with Crippen molar-refractivity contribution in [1.82, 2.24) is 20.0 Å². The number of aromatic nitrogens is 2. The van der Waals surface area contributed by atoms with Gasteiger partial charge in [0.15, 0.2) is 5.69 Å². The van der Waals surface area contributed by atoms with Gasteiger partial charge in [0.25, 0.3) is 5.91 Å². The maximum atomic E-state index is 13.4. The minimum Gasteiger partial charge on any atom is -0.355 e. The first-order valence-corrected chi connectivity index (χ1v) is 11.3. The molecule has 2 aromatic rings. The van der Waals surface area contributed by atoms with Crippen LogP contribution in [0.2, 0.25) is 0 Å². The molecule has 29 heavy (non-hydrogen) atoms. The van der Waals surface area contributed by atoms with Gasteiger partial charge in [0.05, 0.1) is 12.2 Å². The second-order valence-electron chi connectivity index (χ2n) is 7.45. The molecule has 2 amide bonds. The number of hydrogen-bond acceptors (Lipinski definition) is 3. The molecule has 0 atom stereocenters. The van der Waals surface area contributed by atoms with E-state index in [4.69, 9.17) is 5.10 Å². The third-order valence-corrected chi connectivity index (χ3v) is 5.62. The summed E-state index contributed by atoms with van der Waals surface area (Å²) in [6, 6.07) is 7.96. The number of benzene rings is 1. The fourth-order valence-electron chi connectivity index (χ4n) is 3.76. The third-order valence-electron chi connectivity index (χ3n) is 5.12. The lowest BCUT2D eigenvalue weighted by Crippen LogP contribution is -2.41. The molecule has 7 heteroatoms. The average Bonchev–Trinajstić information content (AvgIpc) is 3.11. The molecule has 1 aliphatic rings. The highest BCUT2D eigenvalue weighted by Gasteiger charge is 2.29. The molecular formula is C22H29BrN4O2. The van der Waals surface area contributed by atoms with Gasteiger partial charge in [-0.05, 0) is 56.7 Å². The predicted octanol–water partition coefficient (Wildman–Crippen LogP) is 3.89. The van der Waals surface area contributed by atoms with Gasteiger partial charge in [0, 0.05) is 28.8 Å². The Morgan fingerprint density at radius 3 is 2.72 bits per heavy atom. The van der Waals surface area contributed by atoms with Crippen LogP contribution in [0, 0.1) is 0 Å². The standard InChI is InChI=1S/C22H29BrN4O2/c1-3-12-24-20(28)15-26(13-4-2)22(29)21-18-10-5-6-11-19(18)27(25-21)17-9-7-8-16(23)14-17/h7-9,14H,3-6,10-13,15H2,1-2H3,(H,24,28). The summed E-state index contributed by atoms with van der Waals surface area (Å²) in [5.74, 6) is -0.265. The van der Waals surface area contributed by atoms with Crippen LogP contribution in [0.3, 0.4) is 0 Å². The summed E-state index contributed by atoms with van der Waals surface area (Å²) in [6.07, 6.45) is 5.58. The molecule has 6 nitrogen and oxygen atoms in total. The topological polar surface area (TPSA) is 67.2 Å². The molecule has 1 aliphatic carbocycles. The number of amides is 2. The summed E-state index contributed by atoms with van der Waals surface area (Å²) in [4.78, 5) is 27.3. The fraction of sp³-hybridized carbons (Fsp3) is 0.500. The summed E-state index contributed by atoms with van der Waals surface area (Å²) < 4.78 is 2.89. The van der Waals surface area contributed by atoms with Gasteiger partial charge in [-0.2, -0.15) is 5.10 Å². The second kappa shape index (κ2) is 10.1. The first-order valence-electron chi connectivity index (χ1n) is 10.5. The maximum Gasteiger partial charge on any atom is 0.275 e. The zero-order valence-corrected chi connectivity index (χ0v) is 18.8. The highest BCUT2D eigenvalue weighted by atomic mass is 79.9. The van der Waals surface area contributed by atoms with Gasteiger partial charge in [-0.3, -0.25) is 9.59 Å². The molecule has 0 bridgehead atoms. The number of hydrogen-bond donors (Lipinski definition) is 1. The van der Waals surface area contributed by atoms with Gasteiger partial charge in [-0.1, -0.05) is 35.8 Å². The zero-order valence-electron chi connectivity index (χ0n) is 17.2. The predicted molar refractivity (Wildman–Crippen MR) is 117 cm³/mol. The Labute approximate surface area is 180 Å². The Hall–Kier alpha value is -2.15. The van der Waals surface area contributed by atoms with Crippen molar-refractivity contribution in [3.05, 3.63) is 45.7 Å². The van der Waals surface area contributed by atoms with Crippen LogP contribution in [0.25, 0.3) is 5.69 Å². The van der Waals surface area contributed by atoms with Crippen molar-refractivity contribution in [2.45, 2.75) is 52.4 Å². The molecule has 0 fully saturated rings. The van der Waals surface area contributed by atoms with Crippen LogP contribution < -0.4 is 5.32 Å². The number of rotatable bonds is 8. The molecule has 0 spiro atoms. The van der Waals surface area contributed by atoms with Gasteiger partial charge in [-0.25, -0.2) is 4.68 Å². The van der Waals surface area contributed by atoms with Crippen LogP contribution >= 0.6 is 15.9 Å². The Morgan fingerprint density at radius 1 is 1.21 bits per heavy atom. The number of carbonyl (C=O) groups is 2. The van der Waals surface area contributed by atoms with Crippen LogP contribution in [0.5, 0.6) is 0 Å². The summed E-state index contributed by atoms with van der Waals surface area (Å²) in [5, 5.41) is 7.61. The Morgan fingerprint density at radius 2 is 2.00 bits per heavy atom. The Balaban J connectivity index is 1.93. The summed E-state index contributed by atoms with van der Waals surface area (Å²) in [7, 11) is 0. The number of halogens is 1. The number of carbonyl (C=O) groups excluding carboxylic acids is 2. The third kappa shape index (κ3) is 5.07. The van der Waals surface area contributed by atoms with Crippen LogP contribution in [-0.4, -0.2) is 46.1 Å². The number of nitrogens with zero attached hydrogens (tertiary/aromatic N) is 3. The van der Waals surface area contributed by atoms with Crippen molar-refractivity contribution in [3.63, 3.8) is 0 Å². The van der Waals surface area contributed by atoms with Crippen molar-refractivity contribution in [1.29, 1.82) is 0 Å². The SMILES string of the molecule is CCCNC(=O)CN(CCC)C(=O)c1nn(-c2cccc(Br)c2)c2c1CCCC2. The number of fused-ring (bicyclic) bond motifs is 1. The first-order chi connectivity index (χ1) is 14.0. The van der Waals surface area contributed by atoms with Crippen LogP contribution in [-0.2, 0) is 17.6 Å². The molecule has 0 unspecified atom stereocenters. The van der Waals surface area contributed by atoms with E-state index in [0.717, 1.165) is 59.9 Å². The van der Waals surface area contributed by atoms with E-state index in [9.17, 15) is 9.59 Å². The van der Waals surface area contributed by atoms with E-state index in [1.807, 2.05) is 42.8 Å². The summed E-state index contributed by atoms with van der Waals surface area (Å²) in [5.41, 5.74) is 3.59. The molecular weight excluding hydrogens is 432 g/mol. The van der Waals surface area contributed by atoms with E-state index in [0.29, 0.717) is 18.8 Å². The van der Waals surface area contributed by atoms with E-state index in [1.165, 1.54) is 0 Å². The van der Waals surface area contributed by atoms with Gasteiger partial charge < -0.3 is 10.2 Å². The molecule has 3 rings (SSSR count). The molecule has 0 aliphatic heterocycles. The van der Waals surface area contributed by atoms with Crippen molar-refractivity contribution in [2.24, 2.45) is 0 Å². The highest BCUT2D eigenvalue weighted by molar-refractivity contribution is 9.10. The van der Waals surface area contributed by atoms with Crippen molar-refractivity contribution < 1.29 is 9.59 Å². The fourth-order valence-corrected chi connectivity index (χ4v) is 4.15. The van der Waals surface area contributed by atoms with E-state index >= 15 is 0 Å². The monoisotopic (exact) mass is 460 g/mol. The smallest absolute Gasteiger partial charge is 0.275 e. The first kappa shape index (κ1) is 21.6. The lowest BCUT2D eigenvalue weighted by molar-refractivity contribution is -0.121. The minimum atomic E-state index is -0.148. The molecule has 0 saturated heterocycles. The maximum absolute atomic E-state index is 13.4. The summed E-state index contributed by atoms with van der Waals surface area (Å²) >= 11 is 3.52. The van der Waals surface area contributed by atoms with Crippen LogP contribution in [0.4, 0.5) is 0 Å². The van der Waals surface area contributed by atoms with Gasteiger partial charge >= 0.3 is 0 Å². The molecule has 0 radical (unpaired) electrons. The quantitative estimate of drug-likeness (QED) is 0.649. The summed E-state index contributed by atoms with van der Waals surface area (Å²) in [6.45, 7) is 5.26. The van der Waals surface area contributed by atoms with Crippen LogP contribution in [0.1, 0.15) is 61.3 Å². The van der Waals surface area contributed by atoms with E-state index < -0.39 is 0 Å². The van der Waals surface area contributed by atoms with Gasteiger partial charge in [0.2, 0.25) is 5.91 Å². The Bertz CT molecular complexity index is 878. The molecule has 1 aromatic heterocycles. The molecule has 1 N–H and O–H groups in total. The highest BCUT2D eigenvalue weighted by Crippen LogP contribution is 2.28. The van der Waals surface area contributed by atoms with E-state index in [1.54, 1.807) is 4.90 Å². The second-order valence-corrected chi connectivity index (χ2v) is 8.36. The zero-order chi connectivity index (χ0) is 20.8. The van der Waals surface area contributed by atoms with E-state index in [2.05, 4.69) is 21.2 Å². The average molecular weight is 461 g/mol. The lowest BCUT2D eigenvalue weighted by atomic mass is 9.95. The minimum absolute atomic E-state index is 0.0746. The van der Waals surface area contributed by atoms with Gasteiger partial charge in [0.1, 0.15) is 0 Å². The van der Waals surface area contributed by atoms with E-state index in [-0.39, 0.29) is 18.4 Å². The molecule has 1 heterocycles. The van der Waals surface area contributed by atoms with Crippen molar-refractivity contribution in [2.75, 3.05) is 19.6 Å². The molecule has 1 aromatic carbocycles. The number of nitrogens with one attached hydrogen (secondary N) is 1. The van der Waals surface area contributed by atoms with Crippen molar-refractivity contribution >= 4 is 27.7 Å². The Kier molecular flexibility index (Phi) is 7.47. The largest absolute Gasteiger partial charge is 0.355 e. The van der Waals surface area contributed by atoms with Crippen molar-refractivity contribution in [3.8, 4) is 5.69 Å². The van der Waals surface area contributed by atoms with Gasteiger partial charge in [-0.15, -0.1) is 0 Å². The normalized spacial score (nSPS) is 13.1. The molecule has 0 saturated carbocycles. The molecule has 156 valence electrons. The lowest BCUT2D eigenvalue weighted by Gasteiger charge is -2.21.